The van der Waals surface area contributed by atoms with Crippen LogP contribution in [0.5, 0.6) is 0 Å². The smallest absolute Gasteiger partial charge is 0.259 e. The Balaban J connectivity index is 1.56. The topological polar surface area (TPSA) is 69.9 Å². The van der Waals surface area contributed by atoms with Gasteiger partial charge < -0.3 is 14.3 Å². The van der Waals surface area contributed by atoms with Crippen molar-refractivity contribution in [2.45, 2.75) is 38.1 Å². The quantitative estimate of drug-likeness (QED) is 0.828. The SMILES string of the molecule is CN1CCc2onc(C3CCCN3C(=O)CN3CCCC3)c2C1=O. The zero-order chi connectivity index (χ0) is 16.7. The van der Waals surface area contributed by atoms with Gasteiger partial charge in [0, 0.05) is 26.6 Å². The van der Waals surface area contributed by atoms with E-state index in [4.69, 9.17) is 4.52 Å². The number of amides is 2. The Labute approximate surface area is 141 Å². The van der Waals surface area contributed by atoms with E-state index in [0.717, 1.165) is 32.5 Å². The first-order valence-electron chi connectivity index (χ1n) is 8.91. The van der Waals surface area contributed by atoms with E-state index in [9.17, 15) is 9.59 Å². The predicted octanol–water partition coefficient (Wildman–Crippen LogP) is 1.06. The molecule has 1 aromatic rings. The number of nitrogens with zero attached hydrogens (tertiary/aromatic N) is 4. The number of fused-ring (bicyclic) bond motifs is 1. The molecule has 0 radical (unpaired) electrons. The van der Waals surface area contributed by atoms with Gasteiger partial charge >= 0.3 is 0 Å². The summed E-state index contributed by atoms with van der Waals surface area (Å²) in [5.41, 5.74) is 1.25. The summed E-state index contributed by atoms with van der Waals surface area (Å²) in [6.07, 6.45) is 4.84. The highest BCUT2D eigenvalue weighted by Gasteiger charge is 2.39. The summed E-state index contributed by atoms with van der Waals surface area (Å²) in [7, 11) is 1.80. The van der Waals surface area contributed by atoms with Crippen LogP contribution in [0.4, 0.5) is 0 Å². The molecule has 0 aromatic carbocycles. The maximum Gasteiger partial charge on any atom is 0.259 e. The number of likely N-dealkylation sites (N-methyl/N-ethyl adjacent to an activating group) is 1. The molecule has 24 heavy (non-hydrogen) atoms. The van der Waals surface area contributed by atoms with Crippen LogP contribution in [0.25, 0.3) is 0 Å². The minimum atomic E-state index is -0.122. The molecule has 4 heterocycles. The third-order valence-electron chi connectivity index (χ3n) is 5.47. The van der Waals surface area contributed by atoms with E-state index in [1.807, 2.05) is 4.90 Å². The van der Waals surface area contributed by atoms with Crippen LogP contribution in [0.1, 0.15) is 53.5 Å². The predicted molar refractivity (Wildman–Crippen MR) is 86.5 cm³/mol. The lowest BCUT2D eigenvalue weighted by molar-refractivity contribution is -0.133. The second-order valence-electron chi connectivity index (χ2n) is 7.07. The molecule has 1 aromatic heterocycles. The standard InChI is InChI=1S/C17H24N4O3/c1-19-10-6-13-15(17(19)23)16(18-24-13)12-5-4-9-21(12)14(22)11-20-7-2-3-8-20/h12H,2-11H2,1H3. The molecule has 7 nitrogen and oxygen atoms in total. The summed E-state index contributed by atoms with van der Waals surface area (Å²) in [5, 5.41) is 4.20. The van der Waals surface area contributed by atoms with Crippen molar-refractivity contribution in [3.8, 4) is 0 Å². The second kappa shape index (κ2) is 6.20. The molecular formula is C17H24N4O3. The summed E-state index contributed by atoms with van der Waals surface area (Å²) in [6.45, 7) is 3.88. The molecule has 0 saturated carbocycles. The van der Waals surface area contributed by atoms with Crippen LogP contribution in [-0.4, -0.2) is 71.4 Å². The van der Waals surface area contributed by atoms with Crippen LogP contribution >= 0.6 is 0 Å². The van der Waals surface area contributed by atoms with Crippen molar-refractivity contribution in [1.29, 1.82) is 0 Å². The molecule has 0 N–H and O–H groups in total. The molecule has 1 atom stereocenters. The number of aromatic nitrogens is 1. The van der Waals surface area contributed by atoms with Crippen LogP contribution < -0.4 is 0 Å². The maximum atomic E-state index is 12.8. The van der Waals surface area contributed by atoms with E-state index in [2.05, 4.69) is 10.1 Å². The van der Waals surface area contributed by atoms with Gasteiger partial charge in [0.25, 0.3) is 5.91 Å². The third kappa shape index (κ3) is 2.60. The lowest BCUT2D eigenvalue weighted by Crippen LogP contribution is -2.40. The zero-order valence-corrected chi connectivity index (χ0v) is 14.2. The summed E-state index contributed by atoms with van der Waals surface area (Å²) in [5.74, 6) is 0.783. The van der Waals surface area contributed by atoms with Gasteiger partial charge in [0.2, 0.25) is 5.91 Å². The molecule has 2 fully saturated rings. The first kappa shape index (κ1) is 15.6. The van der Waals surface area contributed by atoms with Gasteiger partial charge in [-0.15, -0.1) is 0 Å². The van der Waals surface area contributed by atoms with Crippen LogP contribution in [0.3, 0.4) is 0 Å². The van der Waals surface area contributed by atoms with E-state index < -0.39 is 0 Å². The van der Waals surface area contributed by atoms with Crippen molar-refractivity contribution in [3.63, 3.8) is 0 Å². The van der Waals surface area contributed by atoms with Gasteiger partial charge in [-0.1, -0.05) is 5.16 Å². The Morgan fingerprint density at radius 2 is 2.00 bits per heavy atom. The third-order valence-corrected chi connectivity index (χ3v) is 5.47. The average molecular weight is 332 g/mol. The molecule has 4 rings (SSSR count). The van der Waals surface area contributed by atoms with Crippen molar-refractivity contribution < 1.29 is 14.1 Å². The largest absolute Gasteiger partial charge is 0.360 e. The number of carbonyl (C=O) groups is 2. The molecule has 0 bridgehead atoms. The zero-order valence-electron chi connectivity index (χ0n) is 14.2. The fourth-order valence-electron chi connectivity index (χ4n) is 4.10. The van der Waals surface area contributed by atoms with E-state index >= 15 is 0 Å². The molecule has 0 aliphatic carbocycles. The van der Waals surface area contributed by atoms with E-state index in [1.165, 1.54) is 12.8 Å². The highest BCUT2D eigenvalue weighted by Crippen LogP contribution is 2.36. The van der Waals surface area contributed by atoms with Crippen LogP contribution in [0.15, 0.2) is 4.52 Å². The summed E-state index contributed by atoms with van der Waals surface area (Å²) < 4.78 is 5.43. The van der Waals surface area contributed by atoms with Gasteiger partial charge in [-0.2, -0.15) is 0 Å². The number of likely N-dealkylation sites (tertiary alicyclic amines) is 2. The Kier molecular flexibility index (Phi) is 4.04. The summed E-state index contributed by atoms with van der Waals surface area (Å²) in [4.78, 5) is 31.1. The Morgan fingerprint density at radius 3 is 2.79 bits per heavy atom. The van der Waals surface area contributed by atoms with Crippen molar-refractivity contribution >= 4 is 11.8 Å². The van der Waals surface area contributed by atoms with Crippen LogP contribution in [0, 0.1) is 0 Å². The Morgan fingerprint density at radius 1 is 1.21 bits per heavy atom. The minimum Gasteiger partial charge on any atom is -0.360 e. The molecule has 0 spiro atoms. The minimum absolute atomic E-state index is 0.0358. The molecular weight excluding hydrogens is 308 g/mol. The second-order valence-corrected chi connectivity index (χ2v) is 7.07. The summed E-state index contributed by atoms with van der Waals surface area (Å²) >= 11 is 0. The van der Waals surface area contributed by atoms with Crippen molar-refractivity contribution in [3.05, 3.63) is 17.0 Å². The highest BCUT2D eigenvalue weighted by atomic mass is 16.5. The first-order valence-corrected chi connectivity index (χ1v) is 8.91. The number of hydrogen-bond donors (Lipinski definition) is 0. The molecule has 7 heteroatoms. The van der Waals surface area contributed by atoms with Crippen molar-refractivity contribution in [1.82, 2.24) is 19.9 Å². The molecule has 3 aliphatic heterocycles. The lowest BCUT2D eigenvalue weighted by Gasteiger charge is -2.27. The van der Waals surface area contributed by atoms with E-state index in [0.29, 0.717) is 36.5 Å². The summed E-state index contributed by atoms with van der Waals surface area (Å²) in [6, 6.07) is -0.122. The normalized spacial score (nSPS) is 24.7. The van der Waals surface area contributed by atoms with Crippen LogP contribution in [0.2, 0.25) is 0 Å². The molecule has 130 valence electrons. The van der Waals surface area contributed by atoms with Gasteiger partial charge in [-0.25, -0.2) is 0 Å². The van der Waals surface area contributed by atoms with E-state index in [-0.39, 0.29) is 17.9 Å². The van der Waals surface area contributed by atoms with Gasteiger partial charge in [-0.05, 0) is 38.8 Å². The van der Waals surface area contributed by atoms with Gasteiger partial charge in [0.05, 0.1) is 12.6 Å². The monoisotopic (exact) mass is 332 g/mol. The highest BCUT2D eigenvalue weighted by molar-refractivity contribution is 5.97. The van der Waals surface area contributed by atoms with Gasteiger partial charge in [0.15, 0.2) is 5.76 Å². The Hall–Kier alpha value is -1.89. The molecule has 2 saturated heterocycles. The lowest BCUT2D eigenvalue weighted by atomic mass is 10.00. The first-order chi connectivity index (χ1) is 11.6. The molecule has 3 aliphatic rings. The fourth-order valence-corrected chi connectivity index (χ4v) is 4.10. The molecule has 1 unspecified atom stereocenters. The van der Waals surface area contributed by atoms with Gasteiger partial charge in [-0.3, -0.25) is 14.5 Å². The van der Waals surface area contributed by atoms with Gasteiger partial charge in [0.1, 0.15) is 11.3 Å². The molecule has 2 amide bonds. The fraction of sp³-hybridized carbons (Fsp3) is 0.706. The van der Waals surface area contributed by atoms with Crippen molar-refractivity contribution in [2.75, 3.05) is 39.8 Å². The van der Waals surface area contributed by atoms with Crippen molar-refractivity contribution in [2.24, 2.45) is 0 Å². The average Bonchev–Trinajstić information content (AvgIpc) is 3.29. The van der Waals surface area contributed by atoms with E-state index in [1.54, 1.807) is 11.9 Å². The van der Waals surface area contributed by atoms with Crippen LogP contribution in [-0.2, 0) is 11.2 Å². The number of rotatable bonds is 3. The number of hydrogen-bond acceptors (Lipinski definition) is 5. The Bertz CT molecular complexity index is 650. The maximum absolute atomic E-state index is 12.8. The number of carbonyl (C=O) groups excluding carboxylic acids is 2.